The molecule has 0 aromatic carbocycles. The van der Waals surface area contributed by atoms with Crippen molar-refractivity contribution in [3.05, 3.63) is 0 Å². The molecule has 0 spiro atoms. The minimum absolute atomic E-state index is 0.0988. The minimum Gasteiger partial charge on any atom is -0.394 e. The summed E-state index contributed by atoms with van der Waals surface area (Å²) in [6, 6.07) is 0. The van der Waals surface area contributed by atoms with E-state index in [9.17, 15) is 20.4 Å². The Labute approximate surface area is 82.8 Å². The fraction of sp³-hybridized carbons (Fsp3) is 1.00. The van der Waals surface area contributed by atoms with Crippen LogP contribution in [0.5, 0.6) is 0 Å². The number of hydrogen-bond acceptors (Lipinski definition) is 6. The third kappa shape index (κ3) is 1.65. The van der Waals surface area contributed by atoms with Gasteiger partial charge in [-0.15, -0.1) is 0 Å². The van der Waals surface area contributed by atoms with E-state index in [0.29, 0.717) is 0 Å². The SMILES string of the molecule is [2H]CCC(O)C1(O)O[C@H](CO)[C@@H](O)[C@@H]1O. The first-order chi connectivity index (χ1) is 6.97. The monoisotopic (exact) mass is 209 g/mol. The highest BCUT2D eigenvalue weighted by Gasteiger charge is 2.56. The van der Waals surface area contributed by atoms with Crippen LogP contribution in [0.25, 0.3) is 0 Å². The predicted molar refractivity (Wildman–Crippen MR) is 45.2 cm³/mol. The molecule has 0 aromatic rings. The Morgan fingerprint density at radius 1 is 1.57 bits per heavy atom. The summed E-state index contributed by atoms with van der Waals surface area (Å²) in [7, 11) is 0. The minimum atomic E-state index is -2.31. The van der Waals surface area contributed by atoms with E-state index in [1.54, 1.807) is 0 Å². The van der Waals surface area contributed by atoms with E-state index >= 15 is 0 Å². The van der Waals surface area contributed by atoms with Gasteiger partial charge in [-0.25, -0.2) is 0 Å². The zero-order valence-electron chi connectivity index (χ0n) is 8.58. The molecule has 0 aliphatic carbocycles. The van der Waals surface area contributed by atoms with Gasteiger partial charge in [-0.05, 0) is 6.42 Å². The fourth-order valence-electron chi connectivity index (χ4n) is 1.46. The van der Waals surface area contributed by atoms with Gasteiger partial charge in [-0.1, -0.05) is 6.90 Å². The summed E-state index contributed by atoms with van der Waals surface area (Å²) in [4.78, 5) is 0. The maximum absolute atomic E-state index is 9.75. The van der Waals surface area contributed by atoms with Gasteiger partial charge in [0.2, 0.25) is 5.79 Å². The maximum atomic E-state index is 9.75. The van der Waals surface area contributed by atoms with E-state index in [0.717, 1.165) is 0 Å². The molecule has 1 heterocycles. The lowest BCUT2D eigenvalue weighted by Gasteiger charge is -2.30. The average molecular weight is 209 g/mol. The van der Waals surface area contributed by atoms with E-state index in [4.69, 9.17) is 11.2 Å². The van der Waals surface area contributed by atoms with Crippen LogP contribution in [0.15, 0.2) is 0 Å². The Balaban J connectivity index is 2.76. The van der Waals surface area contributed by atoms with Crippen molar-refractivity contribution in [2.45, 2.75) is 43.5 Å². The second-order valence-electron chi connectivity index (χ2n) is 3.33. The van der Waals surface area contributed by atoms with Crippen LogP contribution in [0, 0.1) is 0 Å². The molecule has 6 heteroatoms. The molecule has 84 valence electrons. The molecule has 0 amide bonds. The molecule has 0 saturated carbocycles. The average Bonchev–Trinajstić information content (AvgIpc) is 2.44. The third-order valence-electron chi connectivity index (χ3n) is 2.40. The summed E-state index contributed by atoms with van der Waals surface area (Å²) in [6.07, 6.45) is -5.86. The Morgan fingerprint density at radius 2 is 2.21 bits per heavy atom. The van der Waals surface area contributed by atoms with Crippen molar-refractivity contribution >= 4 is 0 Å². The first kappa shape index (κ1) is 10.3. The molecule has 1 aliphatic heterocycles. The molecule has 2 unspecified atom stereocenters. The number of ether oxygens (including phenoxy) is 1. The van der Waals surface area contributed by atoms with Gasteiger partial charge >= 0.3 is 0 Å². The molecule has 0 bridgehead atoms. The van der Waals surface area contributed by atoms with Crippen molar-refractivity contribution in [1.29, 1.82) is 0 Å². The zero-order chi connectivity index (χ0) is 11.6. The van der Waals surface area contributed by atoms with Crippen LogP contribution in [0.1, 0.15) is 14.7 Å². The molecule has 1 aliphatic rings. The number of aliphatic hydroxyl groups excluding tert-OH is 4. The van der Waals surface area contributed by atoms with Crippen LogP contribution in [0.3, 0.4) is 0 Å². The zero-order valence-corrected chi connectivity index (χ0v) is 7.58. The molecule has 1 saturated heterocycles. The molecule has 5 atom stereocenters. The van der Waals surface area contributed by atoms with E-state index in [1.807, 2.05) is 0 Å². The Kier molecular flexibility index (Phi) is 3.01. The van der Waals surface area contributed by atoms with Crippen LogP contribution in [-0.2, 0) is 4.74 Å². The first-order valence-electron chi connectivity index (χ1n) is 5.02. The van der Waals surface area contributed by atoms with Gasteiger partial charge in [0, 0.05) is 1.37 Å². The van der Waals surface area contributed by atoms with Gasteiger partial charge in [-0.3, -0.25) is 0 Å². The Hall–Kier alpha value is -0.240. The van der Waals surface area contributed by atoms with Gasteiger partial charge in [0.25, 0.3) is 0 Å². The summed E-state index contributed by atoms with van der Waals surface area (Å²) in [5, 5.41) is 46.8. The largest absolute Gasteiger partial charge is 0.394 e. The summed E-state index contributed by atoms with van der Waals surface area (Å²) in [5.41, 5.74) is 0. The second-order valence-corrected chi connectivity index (χ2v) is 3.33. The van der Waals surface area contributed by atoms with Crippen LogP contribution >= 0.6 is 0 Å². The van der Waals surface area contributed by atoms with E-state index < -0.39 is 36.8 Å². The topological polar surface area (TPSA) is 110 Å². The van der Waals surface area contributed by atoms with E-state index in [2.05, 4.69) is 0 Å². The van der Waals surface area contributed by atoms with Crippen molar-refractivity contribution in [3.8, 4) is 0 Å². The fourth-order valence-corrected chi connectivity index (χ4v) is 1.46. The van der Waals surface area contributed by atoms with Gasteiger partial charge in [0.15, 0.2) is 0 Å². The molecule has 0 aromatic heterocycles. The summed E-state index contributed by atoms with van der Waals surface area (Å²) in [5.74, 6) is -2.31. The molecule has 6 nitrogen and oxygen atoms in total. The van der Waals surface area contributed by atoms with Crippen molar-refractivity contribution in [2.75, 3.05) is 6.61 Å². The van der Waals surface area contributed by atoms with Crippen molar-refractivity contribution in [1.82, 2.24) is 0 Å². The van der Waals surface area contributed by atoms with Crippen molar-refractivity contribution in [2.24, 2.45) is 0 Å². The highest BCUT2D eigenvalue weighted by molar-refractivity contribution is 4.98. The van der Waals surface area contributed by atoms with Crippen LogP contribution in [-0.4, -0.2) is 62.3 Å². The molecule has 1 fully saturated rings. The lowest BCUT2D eigenvalue weighted by Crippen LogP contribution is -2.52. The second kappa shape index (κ2) is 4.09. The normalized spacial score (nSPS) is 46.4. The molecular weight excluding hydrogens is 192 g/mol. The number of aliphatic hydroxyl groups is 5. The molecule has 14 heavy (non-hydrogen) atoms. The summed E-state index contributed by atoms with van der Waals surface area (Å²) < 4.78 is 11.7. The smallest absolute Gasteiger partial charge is 0.222 e. The number of rotatable bonds is 3. The van der Waals surface area contributed by atoms with E-state index in [-0.39, 0.29) is 13.3 Å². The van der Waals surface area contributed by atoms with Crippen molar-refractivity contribution in [3.63, 3.8) is 0 Å². The standard InChI is InChI=1S/C8H16O6/c1-2-5(10)8(13)7(12)6(11)4(3-9)14-8/h4-7,9-13H,2-3H2,1H3/t4-,5?,6-,7+,8?/m1/s1/i1D. The Bertz CT molecular complexity index is 215. The summed E-state index contributed by atoms with van der Waals surface area (Å²) >= 11 is 0. The van der Waals surface area contributed by atoms with Crippen LogP contribution in [0.2, 0.25) is 0 Å². The maximum Gasteiger partial charge on any atom is 0.222 e. The number of hydrogen-bond donors (Lipinski definition) is 5. The molecule has 5 N–H and O–H groups in total. The van der Waals surface area contributed by atoms with Gasteiger partial charge in [0.1, 0.15) is 24.4 Å². The molecular formula is C8H16O6. The lowest BCUT2D eigenvalue weighted by molar-refractivity contribution is -0.278. The van der Waals surface area contributed by atoms with Gasteiger partial charge in [0.05, 0.1) is 6.61 Å². The highest BCUT2D eigenvalue weighted by Crippen LogP contribution is 2.32. The van der Waals surface area contributed by atoms with Crippen LogP contribution in [0.4, 0.5) is 0 Å². The first-order valence-corrected chi connectivity index (χ1v) is 4.31. The Morgan fingerprint density at radius 3 is 2.64 bits per heavy atom. The summed E-state index contributed by atoms with van der Waals surface area (Å²) in [6.45, 7) is -0.729. The van der Waals surface area contributed by atoms with Crippen molar-refractivity contribution < 1.29 is 31.6 Å². The van der Waals surface area contributed by atoms with Gasteiger partial charge < -0.3 is 30.3 Å². The van der Waals surface area contributed by atoms with Crippen LogP contribution < -0.4 is 0 Å². The van der Waals surface area contributed by atoms with E-state index in [1.165, 1.54) is 0 Å². The predicted octanol–water partition coefficient (Wildman–Crippen LogP) is -2.44. The highest BCUT2D eigenvalue weighted by atomic mass is 16.7. The third-order valence-corrected chi connectivity index (χ3v) is 2.40. The van der Waals surface area contributed by atoms with Gasteiger partial charge in [-0.2, -0.15) is 0 Å². The molecule has 1 rings (SSSR count). The molecule has 0 radical (unpaired) electrons. The lowest BCUT2D eigenvalue weighted by atomic mass is 9.99. The quantitative estimate of drug-likeness (QED) is 0.353.